The molecule has 1 heterocycles. The third kappa shape index (κ3) is 3.80. The number of halogens is 1. The number of amides is 4. The van der Waals surface area contributed by atoms with E-state index in [1.165, 1.54) is 0 Å². The van der Waals surface area contributed by atoms with Crippen molar-refractivity contribution in [2.24, 2.45) is 11.7 Å². The second-order valence-corrected chi connectivity index (χ2v) is 5.87. The summed E-state index contributed by atoms with van der Waals surface area (Å²) in [6, 6.07) is 5.61. The monoisotopic (exact) mass is 340 g/mol. The Labute approximate surface area is 140 Å². The number of rotatable bonds is 4. The van der Waals surface area contributed by atoms with Gasteiger partial charge in [-0.05, 0) is 30.5 Å². The average molecular weight is 341 g/mol. The molecule has 126 valence electrons. The topological polar surface area (TPSA) is 113 Å². The fourth-order valence-corrected chi connectivity index (χ4v) is 2.18. The van der Waals surface area contributed by atoms with Gasteiger partial charge in [0.1, 0.15) is 5.54 Å². The Morgan fingerprint density at radius 2 is 1.96 bits per heavy atom. The molecule has 0 spiro atoms. The van der Waals surface area contributed by atoms with Crippen molar-refractivity contribution in [2.75, 3.05) is 5.32 Å². The van der Waals surface area contributed by atoms with Crippen LogP contribution in [-0.2, 0) is 15.1 Å². The molecule has 0 saturated carbocycles. The van der Waals surface area contributed by atoms with E-state index in [1.807, 2.05) is 13.8 Å². The second kappa shape index (κ2) is 6.97. The van der Waals surface area contributed by atoms with Crippen LogP contribution in [-0.4, -0.2) is 23.9 Å². The maximum absolute atomic E-state index is 12.0. The van der Waals surface area contributed by atoms with Gasteiger partial charge in [0.2, 0.25) is 5.91 Å². The highest BCUT2D eigenvalue weighted by molar-refractivity contribution is 6.07. The van der Waals surface area contributed by atoms with E-state index >= 15 is 0 Å². The van der Waals surface area contributed by atoms with Gasteiger partial charge >= 0.3 is 6.03 Å². The maximum atomic E-state index is 12.0. The smallest absolute Gasteiger partial charge is 0.322 e. The maximum Gasteiger partial charge on any atom is 0.322 e. The molecule has 0 radical (unpaired) electrons. The van der Waals surface area contributed by atoms with Crippen LogP contribution in [0.15, 0.2) is 24.3 Å². The highest BCUT2D eigenvalue weighted by atomic mass is 35.5. The Morgan fingerprint density at radius 3 is 2.48 bits per heavy atom. The van der Waals surface area contributed by atoms with E-state index in [-0.39, 0.29) is 24.2 Å². The fraction of sp³-hybridized carbons (Fsp3) is 0.400. The average Bonchev–Trinajstić information content (AvgIpc) is 2.72. The zero-order valence-electron chi connectivity index (χ0n) is 13.2. The minimum atomic E-state index is -1.15. The van der Waals surface area contributed by atoms with E-state index in [9.17, 15) is 14.4 Å². The molecule has 1 aromatic rings. The predicted octanol–water partition coefficient (Wildman–Crippen LogP) is 1.08. The number of imide groups is 1. The highest BCUT2D eigenvalue weighted by Crippen LogP contribution is 2.26. The van der Waals surface area contributed by atoms with Crippen LogP contribution in [0.3, 0.4) is 0 Å². The number of carbonyl (C=O) groups excluding carboxylic acids is 3. The molecule has 0 aliphatic carbocycles. The number of urea groups is 1. The van der Waals surface area contributed by atoms with Gasteiger partial charge in [-0.1, -0.05) is 26.0 Å². The third-order valence-electron chi connectivity index (χ3n) is 3.77. The number of benzene rings is 1. The van der Waals surface area contributed by atoms with Crippen LogP contribution >= 0.6 is 12.4 Å². The van der Waals surface area contributed by atoms with Crippen LogP contribution in [0.5, 0.6) is 0 Å². The zero-order valence-corrected chi connectivity index (χ0v) is 14.0. The quantitative estimate of drug-likeness (QED) is 0.614. The Bertz CT molecular complexity index is 635. The van der Waals surface area contributed by atoms with Crippen LogP contribution in [0.1, 0.15) is 26.3 Å². The van der Waals surface area contributed by atoms with Crippen molar-refractivity contribution < 1.29 is 14.4 Å². The first-order chi connectivity index (χ1) is 10.2. The minimum absolute atomic E-state index is 0. The van der Waals surface area contributed by atoms with Crippen molar-refractivity contribution in [3.05, 3.63) is 29.8 Å². The number of carbonyl (C=O) groups is 3. The van der Waals surface area contributed by atoms with Gasteiger partial charge < -0.3 is 16.4 Å². The molecule has 1 aliphatic heterocycles. The molecule has 5 N–H and O–H groups in total. The summed E-state index contributed by atoms with van der Waals surface area (Å²) < 4.78 is 0. The zero-order chi connectivity index (χ0) is 16.5. The largest absolute Gasteiger partial charge is 0.325 e. The molecule has 4 amide bonds. The summed E-state index contributed by atoms with van der Waals surface area (Å²) in [5, 5.41) is 7.51. The number of anilines is 1. The van der Waals surface area contributed by atoms with E-state index in [0.717, 1.165) is 0 Å². The molecule has 1 saturated heterocycles. The summed E-state index contributed by atoms with van der Waals surface area (Å²) in [7, 11) is 0. The normalized spacial score (nSPS) is 21.3. The molecule has 2 atom stereocenters. The van der Waals surface area contributed by atoms with Crippen molar-refractivity contribution >= 4 is 35.9 Å². The van der Waals surface area contributed by atoms with Crippen molar-refractivity contribution in [3.63, 3.8) is 0 Å². The first-order valence-electron chi connectivity index (χ1n) is 7.04. The number of hydrogen-bond donors (Lipinski definition) is 4. The van der Waals surface area contributed by atoms with Crippen molar-refractivity contribution in [3.8, 4) is 0 Å². The summed E-state index contributed by atoms with van der Waals surface area (Å²) in [5.74, 6) is -0.710. The minimum Gasteiger partial charge on any atom is -0.325 e. The van der Waals surface area contributed by atoms with E-state index in [0.29, 0.717) is 11.3 Å². The number of nitrogens with two attached hydrogens (primary N) is 1. The number of hydrogen-bond acceptors (Lipinski definition) is 4. The van der Waals surface area contributed by atoms with E-state index in [1.54, 1.807) is 31.2 Å². The van der Waals surface area contributed by atoms with Gasteiger partial charge in [-0.25, -0.2) is 4.79 Å². The van der Waals surface area contributed by atoms with Crippen molar-refractivity contribution in [2.45, 2.75) is 32.4 Å². The fourth-order valence-electron chi connectivity index (χ4n) is 2.18. The van der Waals surface area contributed by atoms with Crippen LogP contribution in [0.4, 0.5) is 10.5 Å². The van der Waals surface area contributed by atoms with Gasteiger partial charge in [0.15, 0.2) is 0 Å². The molecule has 1 aliphatic rings. The Hall–Kier alpha value is -2.12. The van der Waals surface area contributed by atoms with Crippen LogP contribution < -0.4 is 21.7 Å². The van der Waals surface area contributed by atoms with Gasteiger partial charge in [0, 0.05) is 5.69 Å². The molecule has 0 aromatic heterocycles. The first-order valence-corrected chi connectivity index (χ1v) is 7.04. The molecule has 1 fully saturated rings. The lowest BCUT2D eigenvalue weighted by molar-refractivity contribution is -0.123. The summed E-state index contributed by atoms with van der Waals surface area (Å²) in [6.45, 7) is 5.33. The van der Waals surface area contributed by atoms with Gasteiger partial charge in [-0.2, -0.15) is 0 Å². The van der Waals surface area contributed by atoms with Gasteiger partial charge in [0.05, 0.1) is 6.04 Å². The lowest BCUT2D eigenvalue weighted by atomic mass is 9.92. The standard InChI is InChI=1S/C15H20N4O3.ClH/c1-8(2)11(16)12(20)17-10-6-4-5-9(7-10)15(3)13(21)18-14(22)19-15;/h4-8,11H,16H2,1-3H3,(H,17,20)(H2,18,19,21,22);1H. The van der Waals surface area contributed by atoms with E-state index in [4.69, 9.17) is 5.73 Å². The first kappa shape index (κ1) is 18.9. The van der Waals surface area contributed by atoms with Crippen molar-refractivity contribution in [1.82, 2.24) is 10.6 Å². The Balaban J connectivity index is 0.00000264. The van der Waals surface area contributed by atoms with Gasteiger partial charge in [0.25, 0.3) is 5.91 Å². The summed E-state index contributed by atoms with van der Waals surface area (Å²) >= 11 is 0. The molecule has 23 heavy (non-hydrogen) atoms. The van der Waals surface area contributed by atoms with Crippen LogP contribution in [0, 0.1) is 5.92 Å². The Morgan fingerprint density at radius 1 is 1.30 bits per heavy atom. The van der Waals surface area contributed by atoms with Crippen molar-refractivity contribution in [1.29, 1.82) is 0 Å². The summed E-state index contributed by atoms with van der Waals surface area (Å²) in [4.78, 5) is 35.3. The molecule has 2 rings (SSSR count). The third-order valence-corrected chi connectivity index (χ3v) is 3.77. The van der Waals surface area contributed by atoms with Crippen LogP contribution in [0.2, 0.25) is 0 Å². The van der Waals surface area contributed by atoms with Crippen LogP contribution in [0.25, 0.3) is 0 Å². The molecule has 7 nitrogen and oxygen atoms in total. The lowest BCUT2D eigenvalue weighted by Gasteiger charge is -2.22. The summed E-state index contributed by atoms with van der Waals surface area (Å²) in [5.41, 5.74) is 5.74. The molecular weight excluding hydrogens is 320 g/mol. The Kier molecular flexibility index (Phi) is 5.74. The molecular formula is C15H21ClN4O3. The molecule has 1 aromatic carbocycles. The summed E-state index contributed by atoms with van der Waals surface area (Å²) in [6.07, 6.45) is 0. The van der Waals surface area contributed by atoms with E-state index in [2.05, 4.69) is 16.0 Å². The molecule has 8 heteroatoms. The predicted molar refractivity (Wildman–Crippen MR) is 89.2 cm³/mol. The lowest BCUT2D eigenvalue weighted by Crippen LogP contribution is -2.41. The second-order valence-electron chi connectivity index (χ2n) is 5.87. The number of nitrogens with one attached hydrogen (secondary N) is 3. The van der Waals surface area contributed by atoms with E-state index < -0.39 is 23.5 Å². The molecule has 2 unspecified atom stereocenters. The van der Waals surface area contributed by atoms with Gasteiger partial charge in [-0.3, -0.25) is 14.9 Å². The highest BCUT2D eigenvalue weighted by Gasteiger charge is 2.43. The molecule has 0 bridgehead atoms. The van der Waals surface area contributed by atoms with Gasteiger partial charge in [-0.15, -0.1) is 12.4 Å². The SMILES string of the molecule is CC(C)C(N)C(=O)Nc1cccc(C2(C)NC(=O)NC2=O)c1.Cl.